The zero-order valence-corrected chi connectivity index (χ0v) is 14.3. The van der Waals surface area contributed by atoms with E-state index in [1.54, 1.807) is 37.3 Å². The highest BCUT2D eigenvalue weighted by Crippen LogP contribution is 2.12. The summed E-state index contributed by atoms with van der Waals surface area (Å²) in [5.74, 6) is -2.29. The van der Waals surface area contributed by atoms with Gasteiger partial charge in [-0.2, -0.15) is 0 Å². The number of benzene rings is 1. The van der Waals surface area contributed by atoms with Crippen LogP contribution in [0.2, 0.25) is 0 Å². The van der Waals surface area contributed by atoms with Gasteiger partial charge in [0, 0.05) is 18.8 Å². The van der Waals surface area contributed by atoms with E-state index in [1.165, 1.54) is 0 Å². The minimum atomic E-state index is -1.05. The molecule has 5 nitrogen and oxygen atoms in total. The molecule has 0 saturated heterocycles. The van der Waals surface area contributed by atoms with Gasteiger partial charge in [-0.1, -0.05) is 37.3 Å². The Bertz CT molecular complexity index is 404. The van der Waals surface area contributed by atoms with Gasteiger partial charge in [-0.05, 0) is 20.3 Å². The first-order chi connectivity index (χ1) is 10.1. The number of Topliss-reactive ketones (excluding diaryl/α,β-unsaturated/α-hetero) is 1. The van der Waals surface area contributed by atoms with E-state index in [0.717, 1.165) is 13.2 Å². The van der Waals surface area contributed by atoms with Crippen LogP contribution in [0.15, 0.2) is 30.3 Å². The summed E-state index contributed by atoms with van der Waals surface area (Å²) in [5.41, 5.74) is 0.460. The van der Waals surface area contributed by atoms with Crippen LogP contribution >= 0.6 is 0 Å². The molecule has 0 fully saturated rings. The maximum Gasteiger partial charge on any atom is 0.649 e. The molecule has 1 atom stereocenters. The van der Waals surface area contributed by atoms with E-state index in [1.807, 2.05) is 13.8 Å². The molecule has 0 spiro atoms. The Labute approximate surface area is 132 Å². The van der Waals surface area contributed by atoms with Crippen molar-refractivity contribution in [1.29, 1.82) is 0 Å². The Morgan fingerprint density at radius 1 is 1.10 bits per heavy atom. The number of carboxylic acid groups (broad SMARTS) is 1. The van der Waals surface area contributed by atoms with Crippen molar-refractivity contribution in [3.63, 3.8) is 0 Å². The molecule has 0 bridgehead atoms. The molecule has 0 saturated carbocycles. The summed E-state index contributed by atoms with van der Waals surface area (Å²) in [6.45, 7) is 7.25. The Morgan fingerprint density at radius 3 is 2.00 bits per heavy atom. The summed E-state index contributed by atoms with van der Waals surface area (Å²) >= 11 is -0.589. The summed E-state index contributed by atoms with van der Waals surface area (Å²) in [4.78, 5) is 22.4. The van der Waals surface area contributed by atoms with Crippen molar-refractivity contribution in [2.24, 2.45) is 5.92 Å². The van der Waals surface area contributed by atoms with Crippen LogP contribution in [0.25, 0.3) is 0 Å². The number of carbonyl (C=O) groups excluding carboxylic acids is 1. The van der Waals surface area contributed by atoms with Crippen molar-refractivity contribution >= 4 is 27.6 Å². The Kier molecular flexibility index (Phi) is 11.8. The lowest BCUT2D eigenvalue weighted by Crippen LogP contribution is -2.22. The lowest BCUT2D eigenvalue weighted by Gasteiger charge is -2.07. The van der Waals surface area contributed by atoms with Crippen molar-refractivity contribution in [2.75, 3.05) is 13.2 Å². The molecule has 0 radical (unpaired) electrons. The molecule has 1 aromatic carbocycles. The van der Waals surface area contributed by atoms with Crippen LogP contribution in [-0.4, -0.2) is 46.0 Å². The predicted molar refractivity (Wildman–Crippen MR) is 82.6 cm³/mol. The smallest absolute Gasteiger partial charge is 0.481 e. The van der Waals surface area contributed by atoms with Gasteiger partial charge >= 0.3 is 21.9 Å². The highest BCUT2D eigenvalue weighted by molar-refractivity contribution is 6.17. The summed E-state index contributed by atoms with van der Waals surface area (Å²) in [6.07, 6.45) is 0.322. The topological polar surface area (TPSA) is 72.8 Å². The van der Waals surface area contributed by atoms with E-state index in [-0.39, 0.29) is 5.78 Å². The van der Waals surface area contributed by atoms with E-state index >= 15 is 0 Å². The maximum absolute atomic E-state index is 11.6. The van der Waals surface area contributed by atoms with Gasteiger partial charge < -0.3 is 12.7 Å². The summed E-state index contributed by atoms with van der Waals surface area (Å²) in [5, 5.41) is 8.78. The highest BCUT2D eigenvalue weighted by atomic mass is 27.2. The quantitative estimate of drug-likeness (QED) is 0.345. The van der Waals surface area contributed by atoms with Crippen LogP contribution in [0, 0.1) is 5.92 Å². The largest absolute Gasteiger partial charge is 0.649 e. The second-order valence-corrected chi connectivity index (χ2v) is 5.18. The minimum absolute atomic E-state index is 0.319. The third-order valence-corrected chi connectivity index (χ3v) is 3.81. The van der Waals surface area contributed by atoms with Crippen molar-refractivity contribution in [3.8, 4) is 0 Å². The van der Waals surface area contributed by atoms with E-state index in [9.17, 15) is 9.59 Å². The van der Waals surface area contributed by atoms with Gasteiger partial charge in [-0.25, -0.2) is 0 Å². The summed E-state index contributed by atoms with van der Waals surface area (Å²) < 4.78 is 9.98. The Hall–Kier alpha value is -1.19. The molecular formula is C15H23AlO5. The number of hydrogen-bond acceptors (Lipinski definition) is 4. The first-order valence-corrected chi connectivity index (χ1v) is 8.21. The molecule has 0 aliphatic heterocycles. The van der Waals surface area contributed by atoms with Crippen molar-refractivity contribution in [3.05, 3.63) is 35.9 Å². The molecule has 1 rings (SSSR count). The lowest BCUT2D eigenvalue weighted by molar-refractivity contribution is -0.140. The van der Waals surface area contributed by atoms with Crippen molar-refractivity contribution < 1.29 is 22.3 Å². The zero-order chi connectivity index (χ0) is 16.1. The van der Waals surface area contributed by atoms with Gasteiger partial charge in [-0.3, -0.25) is 9.59 Å². The normalized spacial score (nSPS) is 11.0. The average Bonchev–Trinajstić information content (AvgIpc) is 2.49. The number of aliphatic carboxylic acids is 1. The molecule has 21 heavy (non-hydrogen) atoms. The van der Waals surface area contributed by atoms with Crippen molar-refractivity contribution in [2.45, 2.75) is 27.2 Å². The SMILES string of the molecule is CCC(C(=O)O)C(=O)c1ccccc1.CC[O][AlH][O]CC. The number of rotatable bonds is 8. The second-order valence-electron chi connectivity index (χ2n) is 4.13. The number of carboxylic acids is 1. The molecule has 116 valence electrons. The molecule has 0 amide bonds. The van der Waals surface area contributed by atoms with Gasteiger partial charge in [0.1, 0.15) is 5.92 Å². The molecule has 0 aliphatic carbocycles. The maximum atomic E-state index is 11.6. The van der Waals surface area contributed by atoms with E-state index in [0.29, 0.717) is 12.0 Å². The first kappa shape index (κ1) is 19.8. The van der Waals surface area contributed by atoms with Gasteiger partial charge in [0.2, 0.25) is 0 Å². The van der Waals surface area contributed by atoms with Gasteiger partial charge in [0.15, 0.2) is 5.78 Å². The fourth-order valence-corrected chi connectivity index (χ4v) is 1.95. The van der Waals surface area contributed by atoms with E-state index in [2.05, 4.69) is 0 Å². The number of ketones is 1. The Balaban J connectivity index is 0.000000486. The third kappa shape index (κ3) is 8.64. The number of carbonyl (C=O) groups is 2. The molecular weight excluding hydrogens is 287 g/mol. The predicted octanol–water partition coefficient (Wildman–Crippen LogP) is 2.31. The third-order valence-electron chi connectivity index (χ3n) is 2.66. The molecule has 1 aromatic rings. The van der Waals surface area contributed by atoms with Crippen LogP contribution in [0.3, 0.4) is 0 Å². The van der Waals surface area contributed by atoms with Crippen LogP contribution in [-0.2, 0) is 12.4 Å². The van der Waals surface area contributed by atoms with Gasteiger partial charge in [-0.15, -0.1) is 0 Å². The van der Waals surface area contributed by atoms with Crippen LogP contribution < -0.4 is 0 Å². The lowest BCUT2D eigenvalue weighted by atomic mass is 9.95. The van der Waals surface area contributed by atoms with E-state index < -0.39 is 27.8 Å². The van der Waals surface area contributed by atoms with Gasteiger partial charge in [0.05, 0.1) is 0 Å². The highest BCUT2D eigenvalue weighted by Gasteiger charge is 2.24. The fraction of sp³-hybridized carbons (Fsp3) is 0.467. The molecule has 0 aliphatic rings. The minimum Gasteiger partial charge on any atom is -0.481 e. The van der Waals surface area contributed by atoms with E-state index in [4.69, 9.17) is 12.7 Å². The molecule has 0 heterocycles. The second kappa shape index (κ2) is 12.5. The van der Waals surface area contributed by atoms with Crippen LogP contribution in [0.5, 0.6) is 0 Å². The molecule has 1 unspecified atom stereocenters. The summed E-state index contributed by atoms with van der Waals surface area (Å²) in [7, 11) is 0. The zero-order valence-electron chi connectivity index (χ0n) is 12.9. The van der Waals surface area contributed by atoms with Crippen molar-refractivity contribution in [1.82, 2.24) is 0 Å². The van der Waals surface area contributed by atoms with Gasteiger partial charge in [0.25, 0.3) is 0 Å². The Morgan fingerprint density at radius 2 is 1.62 bits per heavy atom. The molecule has 6 heteroatoms. The average molecular weight is 310 g/mol. The molecule has 1 N–H and O–H groups in total. The standard InChI is InChI=1S/C11H12O3.2C2H5O.Al.H/c1-2-9(11(13)14)10(12)8-6-4-3-5-7-8;2*1-2-3;;/h3-7,9H,2H2,1H3,(H,13,14);2*2H2,1H3;;/q;2*-1;+2;. The monoisotopic (exact) mass is 310 g/mol. The van der Waals surface area contributed by atoms with Crippen LogP contribution in [0.4, 0.5) is 0 Å². The first-order valence-electron chi connectivity index (χ1n) is 7.05. The van der Waals surface area contributed by atoms with Crippen LogP contribution in [0.1, 0.15) is 37.6 Å². The fourth-order valence-electron chi connectivity index (χ4n) is 1.50. The summed E-state index contributed by atoms with van der Waals surface area (Å²) in [6, 6.07) is 8.50. The number of hydrogen-bond donors (Lipinski definition) is 1. The molecule has 0 aromatic heterocycles.